The lowest BCUT2D eigenvalue weighted by molar-refractivity contribution is 0.577. The Morgan fingerprint density at radius 1 is 1.53 bits per heavy atom. The van der Waals surface area contributed by atoms with Crippen LogP contribution in [0.5, 0.6) is 0 Å². The molecule has 5 heteroatoms. The molecule has 1 aliphatic rings. The molecule has 0 atom stereocenters. The van der Waals surface area contributed by atoms with Gasteiger partial charge in [-0.15, -0.1) is 0 Å². The molecule has 1 aromatic rings. The Labute approximate surface area is 110 Å². The molecular formula is C12H18BrN3O. The van der Waals surface area contributed by atoms with E-state index in [0.29, 0.717) is 11.0 Å². The first-order valence-corrected chi connectivity index (χ1v) is 7.01. The number of nitrogens with one attached hydrogen (secondary N) is 1. The van der Waals surface area contributed by atoms with Gasteiger partial charge < -0.3 is 5.32 Å². The number of anilines is 1. The molecule has 1 aliphatic carbocycles. The van der Waals surface area contributed by atoms with E-state index in [1.807, 2.05) is 6.92 Å². The van der Waals surface area contributed by atoms with Gasteiger partial charge in [-0.3, -0.25) is 4.79 Å². The molecule has 0 unspecified atom stereocenters. The van der Waals surface area contributed by atoms with Gasteiger partial charge in [0.15, 0.2) is 0 Å². The van der Waals surface area contributed by atoms with Crippen LogP contribution in [0.15, 0.2) is 15.5 Å². The summed E-state index contributed by atoms with van der Waals surface area (Å²) in [5.41, 5.74) is 0.746. The van der Waals surface area contributed by atoms with Gasteiger partial charge in [0, 0.05) is 13.1 Å². The first-order valence-electron chi connectivity index (χ1n) is 6.22. The van der Waals surface area contributed by atoms with Crippen molar-refractivity contribution in [3.05, 3.63) is 21.0 Å². The van der Waals surface area contributed by atoms with Crippen LogP contribution in [0.1, 0.15) is 32.6 Å². The van der Waals surface area contributed by atoms with Gasteiger partial charge in [0.05, 0.1) is 11.9 Å². The maximum Gasteiger partial charge on any atom is 0.283 e. The van der Waals surface area contributed by atoms with Crippen LogP contribution in [0.3, 0.4) is 0 Å². The Kier molecular flexibility index (Phi) is 4.20. The van der Waals surface area contributed by atoms with Gasteiger partial charge in [0.1, 0.15) is 4.47 Å². The minimum absolute atomic E-state index is 0.0658. The number of rotatable bonds is 4. The van der Waals surface area contributed by atoms with E-state index < -0.39 is 0 Å². The molecule has 1 saturated carbocycles. The van der Waals surface area contributed by atoms with Gasteiger partial charge in [-0.2, -0.15) is 5.10 Å². The largest absolute Gasteiger partial charge is 0.382 e. The molecule has 0 saturated heterocycles. The van der Waals surface area contributed by atoms with Crippen molar-refractivity contribution < 1.29 is 0 Å². The normalized spacial score (nSPS) is 16.4. The molecule has 17 heavy (non-hydrogen) atoms. The van der Waals surface area contributed by atoms with E-state index >= 15 is 0 Å². The Morgan fingerprint density at radius 2 is 2.24 bits per heavy atom. The summed E-state index contributed by atoms with van der Waals surface area (Å²) in [6.07, 6.45) is 6.99. The summed E-state index contributed by atoms with van der Waals surface area (Å²) in [4.78, 5) is 11.8. The molecule has 2 rings (SSSR count). The van der Waals surface area contributed by atoms with Gasteiger partial charge in [0.25, 0.3) is 5.56 Å². The monoisotopic (exact) mass is 299 g/mol. The lowest BCUT2D eigenvalue weighted by atomic mass is 10.1. The molecule has 1 heterocycles. The summed E-state index contributed by atoms with van der Waals surface area (Å²) < 4.78 is 2.04. The van der Waals surface area contributed by atoms with E-state index in [-0.39, 0.29) is 5.56 Å². The number of aromatic nitrogens is 2. The fourth-order valence-electron chi connectivity index (χ4n) is 2.28. The lowest BCUT2D eigenvalue weighted by Crippen LogP contribution is -2.24. The maximum atomic E-state index is 11.8. The number of hydrogen-bond donors (Lipinski definition) is 1. The average Bonchev–Trinajstić information content (AvgIpc) is 2.84. The minimum Gasteiger partial charge on any atom is -0.382 e. The van der Waals surface area contributed by atoms with Gasteiger partial charge in [-0.1, -0.05) is 12.8 Å². The second-order valence-electron chi connectivity index (χ2n) is 4.52. The highest BCUT2D eigenvalue weighted by Gasteiger charge is 2.15. The molecule has 0 aromatic carbocycles. The van der Waals surface area contributed by atoms with Crippen LogP contribution in [0.25, 0.3) is 0 Å². The molecule has 1 N–H and O–H groups in total. The number of aryl methyl sites for hydroxylation is 1. The lowest BCUT2D eigenvalue weighted by Gasteiger charge is -2.13. The molecule has 0 bridgehead atoms. The van der Waals surface area contributed by atoms with Gasteiger partial charge in [-0.05, 0) is 41.6 Å². The molecule has 1 aromatic heterocycles. The zero-order chi connectivity index (χ0) is 12.3. The third-order valence-corrected chi connectivity index (χ3v) is 4.11. The first kappa shape index (κ1) is 12.6. The van der Waals surface area contributed by atoms with Crippen LogP contribution in [-0.2, 0) is 6.54 Å². The van der Waals surface area contributed by atoms with Crippen molar-refractivity contribution in [2.24, 2.45) is 5.92 Å². The van der Waals surface area contributed by atoms with Gasteiger partial charge in [0.2, 0.25) is 0 Å². The van der Waals surface area contributed by atoms with Crippen molar-refractivity contribution in [1.82, 2.24) is 9.78 Å². The molecule has 0 radical (unpaired) electrons. The van der Waals surface area contributed by atoms with Crippen molar-refractivity contribution in [1.29, 1.82) is 0 Å². The van der Waals surface area contributed by atoms with Crippen molar-refractivity contribution in [3.63, 3.8) is 0 Å². The first-order chi connectivity index (χ1) is 8.22. The molecule has 4 nitrogen and oxygen atoms in total. The maximum absolute atomic E-state index is 11.8. The summed E-state index contributed by atoms with van der Waals surface area (Å²) >= 11 is 3.35. The predicted octanol–water partition coefficient (Wildman–Crippen LogP) is 2.63. The zero-order valence-corrected chi connectivity index (χ0v) is 11.7. The fourth-order valence-corrected chi connectivity index (χ4v) is 2.73. The Hall–Kier alpha value is -0.840. The third kappa shape index (κ3) is 2.89. The highest BCUT2D eigenvalue weighted by Crippen LogP contribution is 2.25. The SMILES string of the molecule is CCn1ncc(NCC2CCCC2)c(Br)c1=O. The highest BCUT2D eigenvalue weighted by atomic mass is 79.9. The van der Waals surface area contributed by atoms with Gasteiger partial charge in [-0.25, -0.2) is 4.68 Å². The summed E-state index contributed by atoms with van der Waals surface area (Å²) in [6.45, 7) is 3.45. The number of nitrogens with zero attached hydrogens (tertiary/aromatic N) is 2. The predicted molar refractivity (Wildman–Crippen MR) is 72.3 cm³/mol. The molecule has 0 aliphatic heterocycles. The molecule has 94 valence electrons. The Morgan fingerprint density at radius 3 is 2.88 bits per heavy atom. The highest BCUT2D eigenvalue weighted by molar-refractivity contribution is 9.10. The topological polar surface area (TPSA) is 46.9 Å². The third-order valence-electron chi connectivity index (χ3n) is 3.34. The summed E-state index contributed by atoms with van der Waals surface area (Å²) in [5.74, 6) is 0.746. The standard InChI is InChI=1S/C12H18BrN3O/c1-2-16-12(17)11(13)10(8-15-16)14-7-9-5-3-4-6-9/h8-9,14H,2-7H2,1H3. The molecule has 1 fully saturated rings. The van der Waals surface area contributed by atoms with E-state index in [4.69, 9.17) is 0 Å². The summed E-state index contributed by atoms with van der Waals surface area (Å²) in [5, 5.41) is 7.44. The number of hydrogen-bond acceptors (Lipinski definition) is 3. The smallest absolute Gasteiger partial charge is 0.283 e. The summed E-state index contributed by atoms with van der Waals surface area (Å²) in [7, 11) is 0. The van der Waals surface area contributed by atoms with Crippen molar-refractivity contribution in [2.45, 2.75) is 39.2 Å². The van der Waals surface area contributed by atoms with Gasteiger partial charge >= 0.3 is 0 Å². The van der Waals surface area contributed by atoms with Crippen molar-refractivity contribution >= 4 is 21.6 Å². The van der Waals surface area contributed by atoms with Crippen molar-refractivity contribution in [3.8, 4) is 0 Å². The second kappa shape index (κ2) is 5.67. The zero-order valence-electron chi connectivity index (χ0n) is 10.1. The van der Waals surface area contributed by atoms with E-state index in [2.05, 4.69) is 26.3 Å². The van der Waals surface area contributed by atoms with Crippen molar-refractivity contribution in [2.75, 3.05) is 11.9 Å². The molecular weight excluding hydrogens is 282 g/mol. The average molecular weight is 300 g/mol. The minimum atomic E-state index is -0.0658. The van der Waals surface area contributed by atoms with Crippen LogP contribution >= 0.6 is 15.9 Å². The van der Waals surface area contributed by atoms with Crippen LogP contribution in [0.4, 0.5) is 5.69 Å². The Balaban J connectivity index is 2.05. The van der Waals surface area contributed by atoms with E-state index in [9.17, 15) is 4.79 Å². The fraction of sp³-hybridized carbons (Fsp3) is 0.667. The van der Waals surface area contributed by atoms with Crippen LogP contribution < -0.4 is 10.9 Å². The summed E-state index contributed by atoms with van der Waals surface area (Å²) in [6, 6.07) is 0. The van der Waals surface area contributed by atoms with Crippen LogP contribution in [-0.4, -0.2) is 16.3 Å². The number of halogens is 1. The van der Waals surface area contributed by atoms with E-state index in [1.165, 1.54) is 30.4 Å². The van der Waals surface area contributed by atoms with Crippen LogP contribution in [0, 0.1) is 5.92 Å². The van der Waals surface area contributed by atoms with Crippen LogP contribution in [0.2, 0.25) is 0 Å². The molecule has 0 amide bonds. The van der Waals surface area contributed by atoms with E-state index in [0.717, 1.165) is 18.2 Å². The van der Waals surface area contributed by atoms with E-state index in [1.54, 1.807) is 6.20 Å². The Bertz CT molecular complexity index is 438. The second-order valence-corrected chi connectivity index (χ2v) is 5.32. The quantitative estimate of drug-likeness (QED) is 0.930. The molecule has 0 spiro atoms.